The summed E-state index contributed by atoms with van der Waals surface area (Å²) in [6, 6.07) is 6.20. The molecular weight excluding hydrogens is 244 g/mol. The van der Waals surface area contributed by atoms with Crippen LogP contribution in [-0.4, -0.2) is 30.6 Å². The maximum atomic E-state index is 12.3. The van der Waals surface area contributed by atoms with Crippen molar-refractivity contribution in [2.75, 3.05) is 18.5 Å². The van der Waals surface area contributed by atoms with Gasteiger partial charge in [0.2, 0.25) is 5.91 Å². The predicted octanol–water partition coefficient (Wildman–Crippen LogP) is 1.58. The molecule has 0 aliphatic heterocycles. The van der Waals surface area contributed by atoms with Crippen molar-refractivity contribution in [3.05, 3.63) is 29.8 Å². The Kier molecular flexibility index (Phi) is 5.06. The van der Waals surface area contributed by atoms with Gasteiger partial charge >= 0.3 is 5.97 Å². The van der Waals surface area contributed by atoms with Crippen molar-refractivity contribution in [3.8, 4) is 0 Å². The molecule has 0 heterocycles. The number of benzene rings is 1. The normalized spacial score (nSPS) is 12.3. The number of rotatable bonds is 5. The highest BCUT2D eigenvalue weighted by atomic mass is 16.4. The lowest BCUT2D eigenvalue weighted by Gasteiger charge is -2.25. The number of nitrogens with two attached hydrogens (primary N) is 1. The Hall–Kier alpha value is -1.88. The smallest absolute Gasteiger partial charge is 0.335 e. The number of carbonyl (C=O) groups excluding carboxylic acids is 1. The second kappa shape index (κ2) is 6.33. The van der Waals surface area contributed by atoms with E-state index in [0.717, 1.165) is 0 Å². The van der Waals surface area contributed by atoms with Crippen LogP contribution in [0.5, 0.6) is 0 Å². The SMILES string of the molecule is CC(C)C(CN)C(=O)N(C)c1ccc(C(=O)O)cc1. The van der Waals surface area contributed by atoms with E-state index in [-0.39, 0.29) is 23.3 Å². The molecule has 5 nitrogen and oxygen atoms in total. The van der Waals surface area contributed by atoms with E-state index in [0.29, 0.717) is 12.2 Å². The van der Waals surface area contributed by atoms with Gasteiger partial charge in [-0.05, 0) is 30.2 Å². The molecule has 5 heteroatoms. The van der Waals surface area contributed by atoms with Crippen LogP contribution in [-0.2, 0) is 4.79 Å². The molecule has 0 spiro atoms. The highest BCUT2D eigenvalue weighted by Crippen LogP contribution is 2.19. The number of carboxylic acids is 1. The van der Waals surface area contributed by atoms with Crippen LogP contribution in [0.1, 0.15) is 24.2 Å². The number of aromatic carboxylic acids is 1. The fraction of sp³-hybridized carbons (Fsp3) is 0.429. The van der Waals surface area contributed by atoms with Crippen molar-refractivity contribution >= 4 is 17.6 Å². The Morgan fingerprint density at radius 1 is 1.26 bits per heavy atom. The van der Waals surface area contributed by atoms with Crippen LogP contribution in [0.2, 0.25) is 0 Å². The molecule has 0 fully saturated rings. The first-order chi connectivity index (χ1) is 8.88. The molecule has 1 amide bonds. The van der Waals surface area contributed by atoms with Crippen LogP contribution in [0.15, 0.2) is 24.3 Å². The van der Waals surface area contributed by atoms with Gasteiger partial charge in [0.05, 0.1) is 11.5 Å². The average Bonchev–Trinajstić information content (AvgIpc) is 2.38. The van der Waals surface area contributed by atoms with Crippen LogP contribution in [0.25, 0.3) is 0 Å². The molecule has 0 aliphatic carbocycles. The van der Waals surface area contributed by atoms with Gasteiger partial charge in [-0.1, -0.05) is 13.8 Å². The van der Waals surface area contributed by atoms with Gasteiger partial charge < -0.3 is 15.7 Å². The lowest BCUT2D eigenvalue weighted by Crippen LogP contribution is -2.39. The minimum atomic E-state index is -0.984. The molecule has 1 unspecified atom stereocenters. The van der Waals surface area contributed by atoms with E-state index in [1.165, 1.54) is 17.0 Å². The van der Waals surface area contributed by atoms with Crippen LogP contribution >= 0.6 is 0 Å². The molecule has 1 aromatic carbocycles. The Balaban J connectivity index is 2.90. The number of carboxylic acid groups (broad SMARTS) is 1. The minimum absolute atomic E-state index is 0.0550. The number of hydrogen-bond donors (Lipinski definition) is 2. The second-order valence-electron chi connectivity index (χ2n) is 4.84. The third kappa shape index (κ3) is 3.54. The molecule has 1 atom stereocenters. The number of carbonyl (C=O) groups is 2. The van der Waals surface area contributed by atoms with Crippen LogP contribution in [0.3, 0.4) is 0 Å². The summed E-state index contributed by atoms with van der Waals surface area (Å²) in [6.45, 7) is 4.21. The van der Waals surface area contributed by atoms with E-state index in [9.17, 15) is 9.59 Å². The van der Waals surface area contributed by atoms with E-state index < -0.39 is 5.97 Å². The molecule has 0 radical (unpaired) electrons. The minimum Gasteiger partial charge on any atom is -0.478 e. The van der Waals surface area contributed by atoms with Crippen LogP contribution in [0, 0.1) is 11.8 Å². The highest BCUT2D eigenvalue weighted by molar-refractivity contribution is 5.95. The molecule has 0 aliphatic rings. The molecule has 0 aromatic heterocycles. The first-order valence-electron chi connectivity index (χ1n) is 6.19. The van der Waals surface area contributed by atoms with Gasteiger partial charge in [0.25, 0.3) is 0 Å². The topological polar surface area (TPSA) is 83.6 Å². The zero-order valence-electron chi connectivity index (χ0n) is 11.5. The van der Waals surface area contributed by atoms with Gasteiger partial charge in [0.15, 0.2) is 0 Å². The Labute approximate surface area is 113 Å². The van der Waals surface area contributed by atoms with Crippen molar-refractivity contribution in [2.24, 2.45) is 17.6 Å². The monoisotopic (exact) mass is 264 g/mol. The lowest BCUT2D eigenvalue weighted by molar-refractivity contribution is -0.123. The standard InChI is InChI=1S/C14H20N2O3/c1-9(2)12(8-15)13(17)16(3)11-6-4-10(5-7-11)14(18)19/h4-7,9,12H,8,15H2,1-3H3,(H,18,19). The number of amides is 1. The largest absolute Gasteiger partial charge is 0.478 e. The number of hydrogen-bond acceptors (Lipinski definition) is 3. The van der Waals surface area contributed by atoms with Gasteiger partial charge in [-0.25, -0.2) is 4.79 Å². The number of anilines is 1. The van der Waals surface area contributed by atoms with E-state index in [1.54, 1.807) is 19.2 Å². The molecular formula is C14H20N2O3. The highest BCUT2D eigenvalue weighted by Gasteiger charge is 2.24. The van der Waals surface area contributed by atoms with Gasteiger partial charge in [-0.2, -0.15) is 0 Å². The summed E-state index contributed by atoms with van der Waals surface area (Å²) in [4.78, 5) is 24.5. The maximum absolute atomic E-state index is 12.3. The molecule has 1 rings (SSSR count). The summed E-state index contributed by atoms with van der Waals surface area (Å²) in [7, 11) is 1.67. The zero-order valence-corrected chi connectivity index (χ0v) is 11.5. The van der Waals surface area contributed by atoms with E-state index in [1.807, 2.05) is 13.8 Å². The van der Waals surface area contributed by atoms with Crippen LogP contribution in [0.4, 0.5) is 5.69 Å². The summed E-state index contributed by atoms with van der Waals surface area (Å²) in [5.74, 6) is -1.11. The van der Waals surface area contributed by atoms with Gasteiger partial charge in [-0.15, -0.1) is 0 Å². The fourth-order valence-electron chi connectivity index (χ4n) is 1.86. The lowest BCUT2D eigenvalue weighted by atomic mass is 9.94. The Morgan fingerprint density at radius 2 is 1.79 bits per heavy atom. The summed E-state index contributed by atoms with van der Waals surface area (Å²) < 4.78 is 0. The third-order valence-corrected chi connectivity index (χ3v) is 3.21. The van der Waals surface area contributed by atoms with Gasteiger partial charge in [-0.3, -0.25) is 4.79 Å². The summed E-state index contributed by atoms with van der Waals surface area (Å²) in [6.07, 6.45) is 0. The first-order valence-corrected chi connectivity index (χ1v) is 6.19. The Bertz CT molecular complexity index is 454. The fourth-order valence-corrected chi connectivity index (χ4v) is 1.86. The van der Waals surface area contributed by atoms with Crippen LogP contribution < -0.4 is 10.6 Å². The quantitative estimate of drug-likeness (QED) is 0.845. The van der Waals surface area contributed by atoms with Crippen molar-refractivity contribution in [2.45, 2.75) is 13.8 Å². The first kappa shape index (κ1) is 15.2. The predicted molar refractivity (Wildman–Crippen MR) is 74.2 cm³/mol. The average molecular weight is 264 g/mol. The van der Waals surface area contributed by atoms with E-state index in [4.69, 9.17) is 10.8 Å². The summed E-state index contributed by atoms with van der Waals surface area (Å²) >= 11 is 0. The number of nitrogens with zero attached hydrogens (tertiary/aromatic N) is 1. The van der Waals surface area contributed by atoms with Crippen molar-refractivity contribution in [1.29, 1.82) is 0 Å². The van der Waals surface area contributed by atoms with Crippen molar-refractivity contribution in [3.63, 3.8) is 0 Å². The van der Waals surface area contributed by atoms with E-state index in [2.05, 4.69) is 0 Å². The zero-order chi connectivity index (χ0) is 14.6. The van der Waals surface area contributed by atoms with Crippen molar-refractivity contribution < 1.29 is 14.7 Å². The molecule has 1 aromatic rings. The second-order valence-corrected chi connectivity index (χ2v) is 4.84. The molecule has 104 valence electrons. The Morgan fingerprint density at radius 3 is 2.16 bits per heavy atom. The molecule has 0 saturated heterocycles. The maximum Gasteiger partial charge on any atom is 0.335 e. The molecule has 3 N–H and O–H groups in total. The molecule has 0 bridgehead atoms. The van der Waals surface area contributed by atoms with E-state index >= 15 is 0 Å². The van der Waals surface area contributed by atoms with Gasteiger partial charge in [0, 0.05) is 19.3 Å². The van der Waals surface area contributed by atoms with Crippen molar-refractivity contribution in [1.82, 2.24) is 0 Å². The van der Waals surface area contributed by atoms with Gasteiger partial charge in [0.1, 0.15) is 0 Å². The molecule has 19 heavy (non-hydrogen) atoms. The third-order valence-electron chi connectivity index (χ3n) is 3.21. The summed E-state index contributed by atoms with van der Waals surface area (Å²) in [5.41, 5.74) is 6.49. The summed E-state index contributed by atoms with van der Waals surface area (Å²) in [5, 5.41) is 8.83. The molecule has 0 saturated carbocycles.